The minimum absolute atomic E-state index is 0.0205. The molecule has 1 aromatic carbocycles. The van der Waals surface area contributed by atoms with E-state index in [1.807, 2.05) is 29.2 Å². The summed E-state index contributed by atoms with van der Waals surface area (Å²) in [7, 11) is 0. The summed E-state index contributed by atoms with van der Waals surface area (Å²) in [4.78, 5) is 26.7. The first-order valence-corrected chi connectivity index (χ1v) is 8.99. The predicted octanol–water partition coefficient (Wildman–Crippen LogP) is 2.24. The number of anilines is 1. The van der Waals surface area contributed by atoms with Gasteiger partial charge in [-0.3, -0.25) is 9.59 Å². The lowest BCUT2D eigenvalue weighted by atomic mass is 9.94. The molecule has 0 bridgehead atoms. The van der Waals surface area contributed by atoms with E-state index in [1.54, 1.807) is 0 Å². The summed E-state index contributed by atoms with van der Waals surface area (Å²) in [5.74, 6) is 0.403. The summed E-state index contributed by atoms with van der Waals surface area (Å²) >= 11 is 3.44. The molecule has 2 N–H and O–H groups in total. The molecular formula is C17H22BrN3O2. The smallest absolute Gasteiger partial charge is 0.227 e. The molecule has 2 aliphatic heterocycles. The van der Waals surface area contributed by atoms with E-state index in [-0.39, 0.29) is 23.7 Å². The zero-order valence-corrected chi connectivity index (χ0v) is 14.6. The van der Waals surface area contributed by atoms with Gasteiger partial charge in [-0.15, -0.1) is 0 Å². The van der Waals surface area contributed by atoms with Crippen molar-refractivity contribution in [2.45, 2.75) is 19.3 Å². The van der Waals surface area contributed by atoms with Crippen LogP contribution in [0.4, 0.5) is 5.69 Å². The van der Waals surface area contributed by atoms with E-state index in [9.17, 15) is 9.59 Å². The molecule has 1 unspecified atom stereocenters. The molecule has 23 heavy (non-hydrogen) atoms. The fraction of sp³-hybridized carbons (Fsp3) is 0.529. The van der Waals surface area contributed by atoms with Gasteiger partial charge in [-0.25, -0.2) is 0 Å². The molecule has 124 valence electrons. The van der Waals surface area contributed by atoms with Crippen LogP contribution in [0.3, 0.4) is 0 Å². The van der Waals surface area contributed by atoms with Crippen LogP contribution in [0.15, 0.2) is 28.7 Å². The van der Waals surface area contributed by atoms with Crippen molar-refractivity contribution in [2.24, 2.45) is 11.8 Å². The van der Waals surface area contributed by atoms with Gasteiger partial charge in [-0.2, -0.15) is 0 Å². The SMILES string of the molecule is O=C(Nc1ccccc1Br)C1CCN(C(=O)C2CCNC2)CC1. The fourth-order valence-electron chi connectivity index (χ4n) is 3.28. The average molecular weight is 380 g/mol. The maximum absolute atomic E-state index is 12.4. The van der Waals surface area contributed by atoms with Crippen LogP contribution in [-0.2, 0) is 9.59 Å². The number of rotatable bonds is 3. The fourth-order valence-corrected chi connectivity index (χ4v) is 3.67. The first kappa shape index (κ1) is 16.5. The summed E-state index contributed by atoms with van der Waals surface area (Å²) in [6, 6.07) is 7.61. The Morgan fingerprint density at radius 3 is 2.52 bits per heavy atom. The van der Waals surface area contributed by atoms with Crippen molar-refractivity contribution in [1.82, 2.24) is 10.2 Å². The quantitative estimate of drug-likeness (QED) is 0.846. The number of amides is 2. The van der Waals surface area contributed by atoms with Gasteiger partial charge >= 0.3 is 0 Å². The lowest BCUT2D eigenvalue weighted by Crippen LogP contribution is -2.44. The van der Waals surface area contributed by atoms with Gasteiger partial charge in [0.25, 0.3) is 0 Å². The van der Waals surface area contributed by atoms with E-state index in [0.29, 0.717) is 13.1 Å². The van der Waals surface area contributed by atoms with Crippen LogP contribution in [-0.4, -0.2) is 42.9 Å². The Morgan fingerprint density at radius 2 is 1.87 bits per heavy atom. The summed E-state index contributed by atoms with van der Waals surface area (Å²) in [5.41, 5.74) is 0.799. The summed E-state index contributed by atoms with van der Waals surface area (Å²) in [6.07, 6.45) is 2.41. The molecule has 6 heteroatoms. The Hall–Kier alpha value is -1.40. The number of nitrogens with one attached hydrogen (secondary N) is 2. The molecule has 2 saturated heterocycles. The normalized spacial score (nSPS) is 22.1. The highest BCUT2D eigenvalue weighted by molar-refractivity contribution is 9.10. The molecule has 0 spiro atoms. The molecule has 3 rings (SSSR count). The highest BCUT2D eigenvalue weighted by Crippen LogP contribution is 2.25. The molecule has 0 saturated carbocycles. The molecule has 1 aromatic rings. The van der Waals surface area contributed by atoms with Crippen LogP contribution in [0, 0.1) is 11.8 Å². The van der Waals surface area contributed by atoms with Crippen molar-refractivity contribution >= 4 is 33.4 Å². The highest BCUT2D eigenvalue weighted by atomic mass is 79.9. The summed E-state index contributed by atoms with van der Waals surface area (Å²) in [5, 5.41) is 6.22. The lowest BCUT2D eigenvalue weighted by Gasteiger charge is -2.33. The number of carbonyl (C=O) groups excluding carboxylic acids is 2. The largest absolute Gasteiger partial charge is 0.342 e. The molecule has 2 aliphatic rings. The van der Waals surface area contributed by atoms with Crippen LogP contribution in [0.1, 0.15) is 19.3 Å². The summed E-state index contributed by atoms with van der Waals surface area (Å²) in [6.45, 7) is 3.09. The van der Waals surface area contributed by atoms with Gasteiger partial charge in [0.05, 0.1) is 11.6 Å². The van der Waals surface area contributed by atoms with Crippen molar-refractivity contribution in [2.75, 3.05) is 31.5 Å². The van der Waals surface area contributed by atoms with Crippen molar-refractivity contribution in [3.63, 3.8) is 0 Å². The Bertz CT molecular complexity index is 579. The standard InChI is InChI=1S/C17H22BrN3O2/c18-14-3-1-2-4-15(14)20-16(22)12-6-9-21(10-7-12)17(23)13-5-8-19-11-13/h1-4,12-13,19H,5-11H2,(H,20,22). The van der Waals surface area contributed by atoms with Gasteiger partial charge in [0.2, 0.25) is 11.8 Å². The number of benzene rings is 1. The van der Waals surface area contributed by atoms with Gasteiger partial charge < -0.3 is 15.5 Å². The zero-order chi connectivity index (χ0) is 16.2. The number of likely N-dealkylation sites (tertiary alicyclic amines) is 1. The Kier molecular flexibility index (Phi) is 5.33. The van der Waals surface area contributed by atoms with Crippen molar-refractivity contribution in [3.05, 3.63) is 28.7 Å². The number of carbonyl (C=O) groups is 2. The molecule has 2 heterocycles. The van der Waals surface area contributed by atoms with Crippen LogP contribution in [0.5, 0.6) is 0 Å². The average Bonchev–Trinajstić information content (AvgIpc) is 3.11. The second-order valence-electron chi connectivity index (χ2n) is 6.26. The van der Waals surface area contributed by atoms with E-state index >= 15 is 0 Å². The van der Waals surface area contributed by atoms with Gasteiger partial charge in [0.15, 0.2) is 0 Å². The zero-order valence-electron chi connectivity index (χ0n) is 13.1. The van der Waals surface area contributed by atoms with E-state index in [2.05, 4.69) is 26.6 Å². The molecule has 2 fully saturated rings. The van der Waals surface area contributed by atoms with Crippen LogP contribution >= 0.6 is 15.9 Å². The van der Waals surface area contributed by atoms with E-state index < -0.39 is 0 Å². The molecule has 2 amide bonds. The second-order valence-corrected chi connectivity index (χ2v) is 7.11. The number of para-hydroxylation sites is 1. The molecular weight excluding hydrogens is 358 g/mol. The van der Waals surface area contributed by atoms with Gasteiger partial charge in [-0.1, -0.05) is 12.1 Å². The topological polar surface area (TPSA) is 61.4 Å². The maximum atomic E-state index is 12.4. The van der Waals surface area contributed by atoms with Crippen LogP contribution in [0.25, 0.3) is 0 Å². The molecule has 5 nitrogen and oxygen atoms in total. The third-order valence-electron chi connectivity index (χ3n) is 4.72. The van der Waals surface area contributed by atoms with Gasteiger partial charge in [0.1, 0.15) is 0 Å². The molecule has 1 atom stereocenters. The van der Waals surface area contributed by atoms with Crippen molar-refractivity contribution in [1.29, 1.82) is 0 Å². The first-order valence-electron chi connectivity index (χ1n) is 8.20. The van der Waals surface area contributed by atoms with Crippen LogP contribution in [0.2, 0.25) is 0 Å². The molecule has 0 aliphatic carbocycles. The Labute approximate surface area is 144 Å². The highest BCUT2D eigenvalue weighted by Gasteiger charge is 2.32. The number of nitrogens with zero attached hydrogens (tertiary/aromatic N) is 1. The Morgan fingerprint density at radius 1 is 1.13 bits per heavy atom. The molecule has 0 radical (unpaired) electrons. The van der Waals surface area contributed by atoms with E-state index in [0.717, 1.165) is 42.5 Å². The van der Waals surface area contributed by atoms with Crippen LogP contribution < -0.4 is 10.6 Å². The van der Waals surface area contributed by atoms with Gasteiger partial charge in [0, 0.05) is 30.0 Å². The third-order valence-corrected chi connectivity index (χ3v) is 5.41. The maximum Gasteiger partial charge on any atom is 0.227 e. The summed E-state index contributed by atoms with van der Waals surface area (Å²) < 4.78 is 0.884. The predicted molar refractivity (Wildman–Crippen MR) is 93.1 cm³/mol. The minimum atomic E-state index is -0.0205. The first-order chi connectivity index (χ1) is 11.1. The lowest BCUT2D eigenvalue weighted by molar-refractivity contribution is -0.137. The minimum Gasteiger partial charge on any atom is -0.342 e. The van der Waals surface area contributed by atoms with Crippen molar-refractivity contribution < 1.29 is 9.59 Å². The van der Waals surface area contributed by atoms with Gasteiger partial charge in [-0.05, 0) is 53.9 Å². The molecule has 0 aromatic heterocycles. The third kappa shape index (κ3) is 3.93. The Balaban J connectivity index is 1.51. The number of piperidine rings is 1. The number of hydrogen-bond acceptors (Lipinski definition) is 3. The number of halogens is 1. The second kappa shape index (κ2) is 7.45. The monoisotopic (exact) mass is 379 g/mol. The van der Waals surface area contributed by atoms with Crippen molar-refractivity contribution in [3.8, 4) is 0 Å². The van der Waals surface area contributed by atoms with E-state index in [4.69, 9.17) is 0 Å². The number of hydrogen-bond donors (Lipinski definition) is 2. The van der Waals surface area contributed by atoms with E-state index in [1.165, 1.54) is 0 Å².